The smallest absolute Gasteiger partial charge is 0.151 e. The molecular weight excluding hydrogens is 995 g/mol. The van der Waals surface area contributed by atoms with Gasteiger partial charge in [0.1, 0.15) is 0 Å². The molecule has 12 rings (SSSR count). The second-order valence-electron chi connectivity index (χ2n) is 23.5. The molecule has 3 aliphatic rings. The number of benzene rings is 9. The fourth-order valence-corrected chi connectivity index (χ4v) is 12.2. The van der Waals surface area contributed by atoms with E-state index >= 15 is 0 Å². The van der Waals surface area contributed by atoms with E-state index < -0.39 is 0 Å². The first-order valence-electron chi connectivity index (χ1n) is 28.8. The van der Waals surface area contributed by atoms with Crippen LogP contribution in [0.5, 0.6) is 23.0 Å². The van der Waals surface area contributed by atoms with E-state index in [9.17, 15) is 0 Å². The molecule has 9 aromatic carbocycles. The number of aryl methyl sites for hydroxylation is 9. The van der Waals surface area contributed by atoms with Crippen molar-refractivity contribution in [2.75, 3.05) is 14.7 Å². The van der Waals surface area contributed by atoms with Crippen LogP contribution in [0.3, 0.4) is 0 Å². The van der Waals surface area contributed by atoms with Crippen LogP contribution in [-0.2, 0) is 11.8 Å². The SMILES string of the molecule is CCC(C)c1ccc(N2c3ccc(C)cc3Oc3cc(C)ccc32)cc1.CCCCc1ccc(N2c3ccc(C)cc3Oc3cc(C)ccc32)cc1.Cc1ccc2c(c1)Sc1cc(C)ccc1N2c1c(C)cc(C(C)(C)C)cc1C. The van der Waals surface area contributed by atoms with Crippen molar-refractivity contribution in [1.29, 1.82) is 0 Å². The first-order chi connectivity index (χ1) is 38.4. The van der Waals surface area contributed by atoms with E-state index in [1.54, 1.807) is 0 Å². The number of anilines is 9. The van der Waals surface area contributed by atoms with Gasteiger partial charge in [0.2, 0.25) is 0 Å². The zero-order valence-electron chi connectivity index (χ0n) is 49.6. The molecule has 1 atom stereocenters. The molecule has 0 radical (unpaired) electrons. The normalized spacial score (nSPS) is 13.1. The zero-order chi connectivity index (χ0) is 56.6. The maximum absolute atomic E-state index is 6.23. The van der Waals surface area contributed by atoms with Crippen LogP contribution in [0.4, 0.5) is 51.2 Å². The van der Waals surface area contributed by atoms with Crippen LogP contribution in [0.1, 0.15) is 128 Å². The average molecular weight is 1070 g/mol. The highest BCUT2D eigenvalue weighted by molar-refractivity contribution is 7.99. The van der Waals surface area contributed by atoms with E-state index in [0.29, 0.717) is 5.92 Å². The Bertz CT molecular complexity index is 3540. The largest absolute Gasteiger partial charge is 0.453 e. The van der Waals surface area contributed by atoms with Crippen molar-refractivity contribution in [3.63, 3.8) is 0 Å². The van der Waals surface area contributed by atoms with Gasteiger partial charge < -0.3 is 24.2 Å². The summed E-state index contributed by atoms with van der Waals surface area (Å²) in [6.07, 6.45) is 4.76. The van der Waals surface area contributed by atoms with Crippen molar-refractivity contribution < 1.29 is 9.47 Å². The van der Waals surface area contributed by atoms with Gasteiger partial charge in [-0.2, -0.15) is 0 Å². The van der Waals surface area contributed by atoms with E-state index in [-0.39, 0.29) is 5.41 Å². The van der Waals surface area contributed by atoms with E-state index in [1.165, 1.54) is 107 Å². The molecule has 0 aromatic heterocycles. The summed E-state index contributed by atoms with van der Waals surface area (Å²) in [6.45, 7) is 30.8. The Labute approximate surface area is 482 Å². The summed E-state index contributed by atoms with van der Waals surface area (Å²) in [6, 6.07) is 61.9. The van der Waals surface area contributed by atoms with Crippen molar-refractivity contribution >= 4 is 62.9 Å². The van der Waals surface area contributed by atoms with Gasteiger partial charge in [-0.3, -0.25) is 0 Å². The van der Waals surface area contributed by atoms with Gasteiger partial charge in [-0.05, 0) is 244 Å². The van der Waals surface area contributed by atoms with Crippen molar-refractivity contribution in [2.45, 2.75) is 144 Å². The molecule has 3 heterocycles. The van der Waals surface area contributed by atoms with E-state index in [0.717, 1.165) is 64.3 Å². The molecule has 6 heteroatoms. The summed E-state index contributed by atoms with van der Waals surface area (Å²) in [5.74, 6) is 4.23. The molecule has 408 valence electrons. The quantitative estimate of drug-likeness (QED) is 0.151. The Balaban J connectivity index is 0.000000135. The molecular formula is C74H79N3O2S. The molecule has 0 aliphatic carbocycles. The van der Waals surface area contributed by atoms with E-state index in [1.807, 2.05) is 11.8 Å². The summed E-state index contributed by atoms with van der Waals surface area (Å²) in [5, 5.41) is 0. The molecule has 0 amide bonds. The fourth-order valence-electron chi connectivity index (χ4n) is 11.0. The summed E-state index contributed by atoms with van der Waals surface area (Å²) < 4.78 is 12.5. The fraction of sp³-hybridized carbons (Fsp3) is 0.270. The molecule has 3 aliphatic heterocycles. The van der Waals surface area contributed by atoms with Gasteiger partial charge in [0.25, 0.3) is 0 Å². The molecule has 80 heavy (non-hydrogen) atoms. The number of nitrogens with zero attached hydrogens (tertiary/aromatic N) is 3. The second kappa shape index (κ2) is 23.2. The van der Waals surface area contributed by atoms with Crippen LogP contribution in [0.15, 0.2) is 180 Å². The summed E-state index contributed by atoms with van der Waals surface area (Å²) >= 11 is 1.89. The molecule has 0 saturated carbocycles. The monoisotopic (exact) mass is 1070 g/mol. The highest BCUT2D eigenvalue weighted by atomic mass is 32.2. The number of ether oxygens (including phenoxy) is 2. The highest BCUT2D eigenvalue weighted by Crippen LogP contribution is 2.55. The lowest BCUT2D eigenvalue weighted by molar-refractivity contribution is 0.476. The molecule has 0 saturated heterocycles. The Kier molecular flexibility index (Phi) is 16.1. The van der Waals surface area contributed by atoms with E-state index in [4.69, 9.17) is 9.47 Å². The highest BCUT2D eigenvalue weighted by Gasteiger charge is 2.30. The van der Waals surface area contributed by atoms with Gasteiger partial charge in [0, 0.05) is 21.2 Å². The van der Waals surface area contributed by atoms with Crippen molar-refractivity contribution in [2.24, 2.45) is 0 Å². The molecule has 0 spiro atoms. The zero-order valence-corrected chi connectivity index (χ0v) is 50.5. The second-order valence-corrected chi connectivity index (χ2v) is 24.6. The van der Waals surface area contributed by atoms with Crippen molar-refractivity contribution in [1.82, 2.24) is 0 Å². The number of rotatable bonds is 8. The predicted molar refractivity (Wildman–Crippen MR) is 342 cm³/mol. The van der Waals surface area contributed by atoms with Gasteiger partial charge in [-0.25, -0.2) is 0 Å². The van der Waals surface area contributed by atoms with Crippen molar-refractivity contribution in [3.05, 3.63) is 231 Å². The van der Waals surface area contributed by atoms with Crippen LogP contribution < -0.4 is 24.2 Å². The molecule has 0 fully saturated rings. The third-order valence-electron chi connectivity index (χ3n) is 15.7. The van der Waals surface area contributed by atoms with Gasteiger partial charge >= 0.3 is 0 Å². The van der Waals surface area contributed by atoms with Gasteiger partial charge in [-0.15, -0.1) is 0 Å². The molecule has 0 bridgehead atoms. The van der Waals surface area contributed by atoms with Crippen LogP contribution in [0.25, 0.3) is 0 Å². The minimum absolute atomic E-state index is 0.149. The minimum atomic E-state index is 0.149. The topological polar surface area (TPSA) is 28.2 Å². The van der Waals surface area contributed by atoms with Gasteiger partial charge in [0.15, 0.2) is 23.0 Å². The van der Waals surface area contributed by atoms with Crippen LogP contribution >= 0.6 is 11.8 Å². The third-order valence-corrected chi connectivity index (χ3v) is 16.8. The van der Waals surface area contributed by atoms with Crippen molar-refractivity contribution in [3.8, 4) is 23.0 Å². The van der Waals surface area contributed by atoms with E-state index in [2.05, 4.69) is 281 Å². The molecule has 9 aromatic rings. The number of hydrogen-bond acceptors (Lipinski definition) is 6. The summed E-state index contributed by atoms with van der Waals surface area (Å²) in [4.78, 5) is 9.73. The summed E-state index contributed by atoms with van der Waals surface area (Å²) in [5.41, 5.74) is 25.0. The lowest BCUT2D eigenvalue weighted by Crippen LogP contribution is -2.19. The number of hydrogen-bond donors (Lipinski definition) is 0. The Morgan fingerprint density at radius 3 is 1.15 bits per heavy atom. The average Bonchev–Trinajstić information content (AvgIpc) is 3.52. The standard InChI is InChI=1S/C26H29NS.2C24H25NO/c1-16-8-10-21-23(12-16)28-24-13-17(2)9-11-22(24)27(21)25-18(3)14-20(15-19(25)4)26(5,6)7;1-5-18(4)19-8-10-20(11-9-19)25-21-12-6-16(2)14-23(21)26-24-15-17(3)7-13-22(24)25;1-4-5-6-19-9-11-20(12-10-19)25-21-13-7-17(2)15-23(21)26-24-16-18(3)8-14-22(24)25/h8-15H,1-7H3;6-15,18H,5H2,1-4H3;7-16H,4-6H2,1-3H3. The number of fused-ring (bicyclic) bond motifs is 6. The minimum Gasteiger partial charge on any atom is -0.453 e. The van der Waals surface area contributed by atoms with Crippen LogP contribution in [0.2, 0.25) is 0 Å². The molecule has 0 N–H and O–H groups in total. The maximum atomic E-state index is 6.23. The lowest BCUT2D eigenvalue weighted by atomic mass is 9.84. The first-order valence-corrected chi connectivity index (χ1v) is 29.6. The first kappa shape index (κ1) is 55.6. The van der Waals surface area contributed by atoms with Gasteiger partial charge in [0.05, 0.1) is 39.8 Å². The Morgan fingerprint density at radius 2 is 0.787 bits per heavy atom. The molecule has 1 unspecified atom stereocenters. The predicted octanol–water partition coefficient (Wildman–Crippen LogP) is 22.8. The third kappa shape index (κ3) is 11.7. The number of unbranched alkanes of at least 4 members (excludes halogenated alkanes) is 1. The van der Waals surface area contributed by atoms with Gasteiger partial charge in [-0.1, -0.05) is 133 Å². The Hall–Kier alpha value is -7.67. The molecule has 5 nitrogen and oxygen atoms in total. The maximum Gasteiger partial charge on any atom is 0.151 e. The Morgan fingerprint density at radius 1 is 0.425 bits per heavy atom. The lowest BCUT2D eigenvalue weighted by Gasteiger charge is -2.36. The van der Waals surface area contributed by atoms with Crippen LogP contribution in [0, 0.1) is 55.4 Å². The van der Waals surface area contributed by atoms with Crippen LogP contribution in [-0.4, -0.2) is 0 Å². The summed E-state index contributed by atoms with van der Waals surface area (Å²) in [7, 11) is 0.